The van der Waals surface area contributed by atoms with Crippen molar-refractivity contribution in [2.24, 2.45) is 11.6 Å². The molecule has 1 atom stereocenters. The lowest BCUT2D eigenvalue weighted by atomic mass is 9.86. The Labute approximate surface area is 232 Å². The van der Waals surface area contributed by atoms with Crippen molar-refractivity contribution in [3.63, 3.8) is 0 Å². The van der Waals surface area contributed by atoms with Gasteiger partial charge in [-0.15, -0.1) is 0 Å². The van der Waals surface area contributed by atoms with Gasteiger partial charge in [0.1, 0.15) is 5.54 Å². The van der Waals surface area contributed by atoms with E-state index in [-0.39, 0.29) is 0 Å². The molecule has 0 saturated carbocycles. The molecule has 1 fully saturated rings. The number of pyridine rings is 1. The molecule has 0 amide bonds. The lowest BCUT2D eigenvalue weighted by Gasteiger charge is -2.36. The molecule has 0 aliphatic carbocycles. The lowest BCUT2D eigenvalue weighted by molar-refractivity contribution is 0.303. The van der Waals surface area contributed by atoms with E-state index in [1.165, 1.54) is 21.7 Å². The smallest absolute Gasteiger partial charge is 0.121 e. The Morgan fingerprint density at radius 3 is 2.33 bits per heavy atom. The molecule has 1 unspecified atom stereocenters. The van der Waals surface area contributed by atoms with Crippen LogP contribution in [0.5, 0.6) is 0 Å². The highest BCUT2D eigenvalue weighted by molar-refractivity contribution is 5.71. The van der Waals surface area contributed by atoms with Crippen molar-refractivity contribution in [3.05, 3.63) is 127 Å². The summed E-state index contributed by atoms with van der Waals surface area (Å²) in [7, 11) is 3.56. The zero-order valence-electron chi connectivity index (χ0n) is 23.2. The second-order valence-electron chi connectivity index (χ2n) is 10.3. The third-order valence-corrected chi connectivity index (χ3v) is 7.07. The first-order valence-electron chi connectivity index (χ1n) is 13.0. The van der Waals surface area contributed by atoms with Crippen molar-refractivity contribution in [1.29, 1.82) is 0 Å². The number of nitrogens with two attached hydrogens (primary N) is 2. The van der Waals surface area contributed by atoms with E-state index in [2.05, 4.69) is 96.2 Å². The molecule has 202 valence electrons. The van der Waals surface area contributed by atoms with Gasteiger partial charge in [0.15, 0.2) is 0 Å². The van der Waals surface area contributed by atoms with Crippen LogP contribution in [0.25, 0.3) is 22.5 Å². The molecule has 0 spiro atoms. The van der Waals surface area contributed by atoms with Crippen LogP contribution in [-0.2, 0) is 18.5 Å². The maximum absolute atomic E-state index is 5.87. The highest BCUT2D eigenvalue weighted by Gasteiger charge is 2.43. The Bertz CT molecular complexity index is 1420. The molecule has 1 saturated heterocycles. The minimum Gasteiger partial charge on any atom is -0.399 e. The third-order valence-electron chi connectivity index (χ3n) is 7.07. The Morgan fingerprint density at radius 2 is 1.74 bits per heavy atom. The van der Waals surface area contributed by atoms with E-state index >= 15 is 0 Å². The van der Waals surface area contributed by atoms with Crippen molar-refractivity contribution in [1.82, 2.24) is 25.5 Å². The van der Waals surface area contributed by atoms with Crippen LogP contribution in [0.3, 0.4) is 0 Å². The molecule has 7 nitrogen and oxygen atoms in total. The third kappa shape index (κ3) is 5.74. The first kappa shape index (κ1) is 27.7. The van der Waals surface area contributed by atoms with Crippen LogP contribution in [-0.4, -0.2) is 35.5 Å². The quantitative estimate of drug-likeness (QED) is 0.280. The van der Waals surface area contributed by atoms with Crippen molar-refractivity contribution < 1.29 is 0 Å². The molecule has 5 rings (SSSR count). The van der Waals surface area contributed by atoms with Crippen molar-refractivity contribution in [2.75, 3.05) is 20.6 Å². The van der Waals surface area contributed by atoms with E-state index < -0.39 is 5.54 Å². The first-order chi connectivity index (χ1) is 18.5. The number of nitrogens with one attached hydrogen (secondary N) is 2. The van der Waals surface area contributed by atoms with E-state index in [4.69, 9.17) is 11.6 Å². The second-order valence-corrected chi connectivity index (χ2v) is 10.3. The average Bonchev–Trinajstić information content (AvgIpc) is 3.38. The lowest BCUT2D eigenvalue weighted by Crippen LogP contribution is -2.46. The van der Waals surface area contributed by atoms with Crippen LogP contribution in [0.2, 0.25) is 0 Å². The van der Waals surface area contributed by atoms with Crippen molar-refractivity contribution >= 4 is 11.4 Å². The number of hydrazine groups is 1. The number of rotatable bonds is 6. The molecule has 0 radical (unpaired) electrons. The normalized spacial score (nSPS) is 17.9. The van der Waals surface area contributed by atoms with Crippen LogP contribution in [0.4, 0.5) is 0 Å². The molecule has 39 heavy (non-hydrogen) atoms. The number of aromatic nitrogens is 1. The molecule has 6 N–H and O–H groups in total. The maximum Gasteiger partial charge on any atom is 0.121 e. The fourth-order valence-corrected chi connectivity index (χ4v) is 5.01. The first-order valence-corrected chi connectivity index (χ1v) is 13.0. The van der Waals surface area contributed by atoms with Gasteiger partial charge in [-0.2, -0.15) is 0 Å². The summed E-state index contributed by atoms with van der Waals surface area (Å²) in [4.78, 5) is 6.65. The predicted octanol–water partition coefficient (Wildman–Crippen LogP) is 4.52. The van der Waals surface area contributed by atoms with Gasteiger partial charge in [-0.3, -0.25) is 15.8 Å². The molecule has 1 aromatic heterocycles. The van der Waals surface area contributed by atoms with Gasteiger partial charge in [0.2, 0.25) is 0 Å². The summed E-state index contributed by atoms with van der Waals surface area (Å²) in [6.45, 7) is 20.4. The number of benzene rings is 2. The summed E-state index contributed by atoms with van der Waals surface area (Å²) in [6.07, 6.45) is 4.57. The minimum atomic E-state index is -0.542. The second kappa shape index (κ2) is 11.2. The SMILES string of the molecule is C=C1NC(=C)C(CN2Cc3ccc(CC)cc3C2=C)(c2ccc(-c3cncc(C(=C)N)c3)cc2)N1.CN(C)N. The molecular weight excluding hydrogens is 482 g/mol. The topological polar surface area (TPSA) is 95.5 Å². The van der Waals surface area contributed by atoms with Gasteiger partial charge in [0.05, 0.1) is 12.4 Å². The molecule has 3 heterocycles. The van der Waals surface area contributed by atoms with Gasteiger partial charge in [-0.05, 0) is 40.8 Å². The van der Waals surface area contributed by atoms with Crippen LogP contribution in [0, 0.1) is 0 Å². The summed E-state index contributed by atoms with van der Waals surface area (Å²) >= 11 is 0. The monoisotopic (exact) mass is 521 g/mol. The summed E-state index contributed by atoms with van der Waals surface area (Å²) in [6, 6.07) is 17.2. The van der Waals surface area contributed by atoms with Gasteiger partial charge in [0, 0.05) is 66.8 Å². The summed E-state index contributed by atoms with van der Waals surface area (Å²) in [5.74, 6) is 5.69. The summed E-state index contributed by atoms with van der Waals surface area (Å²) in [5, 5.41) is 8.40. The summed E-state index contributed by atoms with van der Waals surface area (Å²) in [5.41, 5.74) is 15.6. The average molecular weight is 522 g/mol. The van der Waals surface area contributed by atoms with Gasteiger partial charge in [-0.1, -0.05) is 69.6 Å². The Balaban J connectivity index is 0.000000826. The number of fused-ring (bicyclic) bond motifs is 1. The Kier molecular flexibility index (Phi) is 7.95. The number of hydrogen-bond donors (Lipinski definition) is 4. The van der Waals surface area contributed by atoms with Crippen molar-refractivity contribution in [3.8, 4) is 11.1 Å². The molecule has 3 aromatic rings. The standard InChI is InChI=1S/C30H31N5.C2H8N2/c1-6-23-7-8-25-17-35(20(3)29(25)13-23)18-30(21(4)33-22(5)34-30)28-11-9-24(10-12-28)27-14-26(19(2)31)15-32-16-27;1-4(2)3/h7-16,33-34H,2-6,17-18,31H2,1H3;3H2,1-2H3. The minimum absolute atomic E-state index is 0.504. The molecule has 7 heteroatoms. The summed E-state index contributed by atoms with van der Waals surface area (Å²) < 4.78 is 0. The van der Waals surface area contributed by atoms with Crippen LogP contribution < -0.4 is 22.2 Å². The van der Waals surface area contributed by atoms with Gasteiger partial charge in [0.25, 0.3) is 0 Å². The predicted molar refractivity (Wildman–Crippen MR) is 162 cm³/mol. The van der Waals surface area contributed by atoms with E-state index in [9.17, 15) is 0 Å². The fraction of sp³-hybridized carbons (Fsp3) is 0.219. The van der Waals surface area contributed by atoms with Gasteiger partial charge < -0.3 is 21.3 Å². The molecule has 0 bridgehead atoms. The van der Waals surface area contributed by atoms with E-state index in [1.807, 2.05) is 12.3 Å². The molecule has 2 aliphatic heterocycles. The van der Waals surface area contributed by atoms with Crippen LogP contribution in [0.15, 0.2) is 98.8 Å². The largest absolute Gasteiger partial charge is 0.399 e. The number of aryl methyl sites for hydroxylation is 1. The number of hydrogen-bond acceptors (Lipinski definition) is 7. The Morgan fingerprint density at radius 1 is 1.05 bits per heavy atom. The van der Waals surface area contributed by atoms with Gasteiger partial charge in [-0.25, -0.2) is 0 Å². The molecule has 2 aromatic carbocycles. The van der Waals surface area contributed by atoms with Gasteiger partial charge >= 0.3 is 0 Å². The van der Waals surface area contributed by atoms with Crippen LogP contribution in [0.1, 0.15) is 34.7 Å². The molecule has 2 aliphatic rings. The highest BCUT2D eigenvalue weighted by atomic mass is 15.4. The zero-order chi connectivity index (χ0) is 28.3. The van der Waals surface area contributed by atoms with E-state index in [1.54, 1.807) is 20.3 Å². The van der Waals surface area contributed by atoms with E-state index in [0.717, 1.165) is 52.4 Å². The molecular formula is C32H39N7. The fourth-order valence-electron chi connectivity index (χ4n) is 5.01. The highest BCUT2D eigenvalue weighted by Crippen LogP contribution is 2.40. The zero-order valence-corrected chi connectivity index (χ0v) is 23.2. The van der Waals surface area contributed by atoms with Crippen LogP contribution >= 0.6 is 0 Å². The maximum atomic E-state index is 5.87. The number of nitrogens with zero attached hydrogens (tertiary/aromatic N) is 3. The van der Waals surface area contributed by atoms with Crippen molar-refractivity contribution in [2.45, 2.75) is 25.4 Å². The van der Waals surface area contributed by atoms with E-state index in [0.29, 0.717) is 12.2 Å². The Hall–Kier alpha value is -4.33.